The van der Waals surface area contributed by atoms with Crippen LogP contribution >= 0.6 is 0 Å². The van der Waals surface area contributed by atoms with Crippen LogP contribution in [0.2, 0.25) is 25.7 Å². The largest absolute Gasteiger partial charge is 0.450 e. The van der Waals surface area contributed by atoms with Crippen molar-refractivity contribution in [2.45, 2.75) is 63.5 Å². The summed E-state index contributed by atoms with van der Waals surface area (Å²) in [5.41, 5.74) is 0.0164. The van der Waals surface area contributed by atoms with Crippen molar-refractivity contribution in [1.29, 1.82) is 0 Å². The number of aliphatic hydroxyl groups excluding tert-OH is 1. The number of carbonyl (C=O) groups is 1. The van der Waals surface area contributed by atoms with E-state index in [1.165, 1.54) is 0 Å². The Labute approximate surface area is 143 Å². The van der Waals surface area contributed by atoms with Crippen molar-refractivity contribution in [3.05, 3.63) is 28.7 Å². The van der Waals surface area contributed by atoms with Crippen molar-refractivity contribution in [2.75, 3.05) is 11.9 Å². The van der Waals surface area contributed by atoms with E-state index in [0.29, 0.717) is 19.4 Å². The maximum absolute atomic E-state index is 12.6. The Morgan fingerprint density at radius 2 is 2.00 bits per heavy atom. The second kappa shape index (κ2) is 7.98. The molecule has 0 aliphatic heterocycles. The summed E-state index contributed by atoms with van der Waals surface area (Å²) in [6, 6.07) is 4.31. The summed E-state index contributed by atoms with van der Waals surface area (Å²) in [6.45, 7) is 7.02. The number of rotatable bonds is 5. The summed E-state index contributed by atoms with van der Waals surface area (Å²) in [5.74, 6) is 0. The fourth-order valence-electron chi connectivity index (χ4n) is 2.83. The zero-order valence-electron chi connectivity index (χ0n) is 14.7. The lowest BCUT2D eigenvalue weighted by molar-refractivity contribution is 0.110. The van der Waals surface area contributed by atoms with Crippen LogP contribution in [0.5, 0.6) is 0 Å². The molecule has 7 heteroatoms. The topological polar surface area (TPSA) is 80.6 Å². The summed E-state index contributed by atoms with van der Waals surface area (Å²) < 4.78 is 6.84. The van der Waals surface area contributed by atoms with Crippen LogP contribution < -0.4 is 10.9 Å². The number of anilines is 1. The number of pyridine rings is 1. The summed E-state index contributed by atoms with van der Waals surface area (Å²) >= 11 is 0. The van der Waals surface area contributed by atoms with Crippen molar-refractivity contribution in [3.8, 4) is 0 Å². The van der Waals surface area contributed by atoms with Gasteiger partial charge in [0.2, 0.25) is 0 Å². The highest BCUT2D eigenvalue weighted by Crippen LogP contribution is 2.27. The molecule has 2 rings (SSSR count). The van der Waals surface area contributed by atoms with Gasteiger partial charge >= 0.3 is 6.09 Å². The summed E-state index contributed by atoms with van der Waals surface area (Å²) in [5, 5.41) is 12.2. The van der Waals surface area contributed by atoms with Crippen LogP contribution in [-0.4, -0.2) is 36.6 Å². The zero-order valence-corrected chi connectivity index (χ0v) is 15.7. The summed E-state index contributed by atoms with van der Waals surface area (Å²) in [7, 11) is -1.26. The molecular weight excluding hydrogens is 324 g/mol. The van der Waals surface area contributed by atoms with Gasteiger partial charge in [0.15, 0.2) is 0 Å². The van der Waals surface area contributed by atoms with E-state index in [-0.39, 0.29) is 23.4 Å². The number of aliphatic hydroxyl groups is 1. The van der Waals surface area contributed by atoms with E-state index in [1.807, 2.05) is 0 Å². The molecule has 0 unspecified atom stereocenters. The van der Waals surface area contributed by atoms with Gasteiger partial charge in [0.05, 0.1) is 12.7 Å². The molecule has 2 N–H and O–H groups in total. The molecule has 1 aliphatic rings. The second-order valence-corrected chi connectivity index (χ2v) is 13.3. The van der Waals surface area contributed by atoms with E-state index < -0.39 is 14.2 Å². The third kappa shape index (κ3) is 5.49. The van der Waals surface area contributed by atoms with Crippen molar-refractivity contribution in [1.82, 2.24) is 4.57 Å². The fourth-order valence-corrected chi connectivity index (χ4v) is 3.54. The molecule has 0 radical (unpaired) electrons. The van der Waals surface area contributed by atoms with Gasteiger partial charge in [-0.25, -0.2) is 4.79 Å². The van der Waals surface area contributed by atoms with Crippen LogP contribution in [0.1, 0.15) is 31.7 Å². The number of nitrogens with zero attached hydrogens (tertiary/aromatic N) is 1. The number of hydrogen-bond acceptors (Lipinski definition) is 4. The van der Waals surface area contributed by atoms with Gasteiger partial charge in [0.1, 0.15) is 5.69 Å². The van der Waals surface area contributed by atoms with Gasteiger partial charge in [-0.15, -0.1) is 0 Å². The van der Waals surface area contributed by atoms with Crippen LogP contribution in [0.3, 0.4) is 0 Å². The molecule has 1 amide bonds. The SMILES string of the molecule is C[Si](C)(C)CCOC(=O)Nc1cccn(C2CCC(O)CC2)c1=O. The number of aromatic nitrogens is 1. The van der Waals surface area contributed by atoms with Crippen LogP contribution in [0.4, 0.5) is 10.5 Å². The molecule has 1 aromatic heterocycles. The molecule has 0 spiro atoms. The fraction of sp³-hybridized carbons (Fsp3) is 0.647. The highest BCUT2D eigenvalue weighted by atomic mass is 28.3. The number of amides is 1. The Balaban J connectivity index is 1.97. The van der Waals surface area contributed by atoms with E-state index in [4.69, 9.17) is 4.74 Å². The minimum absolute atomic E-state index is 0.0746. The monoisotopic (exact) mass is 352 g/mol. The Hall–Kier alpha value is -1.60. The van der Waals surface area contributed by atoms with E-state index in [9.17, 15) is 14.7 Å². The second-order valence-electron chi connectivity index (χ2n) is 7.67. The van der Waals surface area contributed by atoms with Crippen molar-refractivity contribution in [3.63, 3.8) is 0 Å². The first-order chi connectivity index (χ1) is 11.3. The Bertz CT molecular complexity index is 616. The van der Waals surface area contributed by atoms with Crippen molar-refractivity contribution >= 4 is 19.9 Å². The van der Waals surface area contributed by atoms with Gasteiger partial charge < -0.3 is 14.4 Å². The lowest BCUT2D eigenvalue weighted by Gasteiger charge is -2.27. The molecule has 0 saturated heterocycles. The van der Waals surface area contributed by atoms with Gasteiger partial charge in [-0.3, -0.25) is 10.1 Å². The van der Waals surface area contributed by atoms with Crippen LogP contribution in [0, 0.1) is 0 Å². The van der Waals surface area contributed by atoms with Crippen LogP contribution in [-0.2, 0) is 4.74 Å². The zero-order chi connectivity index (χ0) is 17.7. The Morgan fingerprint density at radius 3 is 2.62 bits per heavy atom. The molecule has 134 valence electrons. The standard InChI is InChI=1S/C17H28N2O4Si/c1-24(2,3)12-11-23-17(22)18-15-5-4-10-19(16(15)21)13-6-8-14(20)9-7-13/h4-5,10,13-14,20H,6-9,11-12H2,1-3H3,(H,18,22). The van der Waals surface area contributed by atoms with E-state index in [0.717, 1.165) is 18.9 Å². The first kappa shape index (κ1) is 18.7. The van der Waals surface area contributed by atoms with E-state index in [1.54, 1.807) is 22.9 Å². The highest BCUT2D eigenvalue weighted by Gasteiger charge is 2.22. The van der Waals surface area contributed by atoms with E-state index in [2.05, 4.69) is 25.0 Å². The Morgan fingerprint density at radius 1 is 1.33 bits per heavy atom. The summed E-state index contributed by atoms with van der Waals surface area (Å²) in [6.07, 6.45) is 3.84. The average Bonchev–Trinajstić information content (AvgIpc) is 2.49. The number of hydrogen-bond donors (Lipinski definition) is 2. The predicted molar refractivity (Wildman–Crippen MR) is 97.3 cm³/mol. The molecular formula is C17H28N2O4Si. The predicted octanol–water partition coefficient (Wildman–Crippen LogP) is 3.21. The highest BCUT2D eigenvalue weighted by molar-refractivity contribution is 6.76. The van der Waals surface area contributed by atoms with Gasteiger partial charge in [0, 0.05) is 20.3 Å². The average molecular weight is 353 g/mol. The van der Waals surface area contributed by atoms with E-state index >= 15 is 0 Å². The third-order valence-electron chi connectivity index (χ3n) is 4.36. The first-order valence-corrected chi connectivity index (χ1v) is 12.3. The molecule has 0 bridgehead atoms. The Kier molecular flexibility index (Phi) is 6.23. The normalized spacial score (nSPS) is 21.3. The first-order valence-electron chi connectivity index (χ1n) is 8.59. The molecule has 1 fully saturated rings. The van der Waals surface area contributed by atoms with Crippen LogP contribution in [0.25, 0.3) is 0 Å². The molecule has 6 nitrogen and oxygen atoms in total. The van der Waals surface area contributed by atoms with Crippen molar-refractivity contribution < 1.29 is 14.6 Å². The smallest absolute Gasteiger partial charge is 0.411 e. The number of carbonyl (C=O) groups excluding carboxylic acids is 1. The minimum Gasteiger partial charge on any atom is -0.450 e. The maximum Gasteiger partial charge on any atom is 0.411 e. The third-order valence-corrected chi connectivity index (χ3v) is 6.06. The van der Waals surface area contributed by atoms with Crippen LogP contribution in [0.15, 0.2) is 23.1 Å². The molecule has 0 aromatic carbocycles. The molecule has 1 heterocycles. The van der Waals surface area contributed by atoms with Gasteiger partial charge in [-0.05, 0) is 43.9 Å². The molecule has 1 aromatic rings. The minimum atomic E-state index is -1.26. The molecule has 1 aliphatic carbocycles. The maximum atomic E-state index is 12.6. The van der Waals surface area contributed by atoms with Crippen molar-refractivity contribution in [2.24, 2.45) is 0 Å². The van der Waals surface area contributed by atoms with Gasteiger partial charge in [-0.2, -0.15) is 0 Å². The lowest BCUT2D eigenvalue weighted by Crippen LogP contribution is -2.31. The quantitative estimate of drug-likeness (QED) is 0.797. The summed E-state index contributed by atoms with van der Waals surface area (Å²) in [4.78, 5) is 24.4. The molecule has 0 atom stereocenters. The molecule has 1 saturated carbocycles. The lowest BCUT2D eigenvalue weighted by atomic mass is 9.93. The number of ether oxygens (including phenoxy) is 1. The van der Waals surface area contributed by atoms with Gasteiger partial charge in [0.25, 0.3) is 5.56 Å². The number of nitrogens with one attached hydrogen (secondary N) is 1. The molecule has 24 heavy (non-hydrogen) atoms. The van der Waals surface area contributed by atoms with Gasteiger partial charge in [-0.1, -0.05) is 19.6 Å².